The van der Waals surface area contributed by atoms with Crippen LogP contribution in [0.2, 0.25) is 0 Å². The van der Waals surface area contributed by atoms with E-state index in [1.54, 1.807) is 19.1 Å². The maximum Gasteiger partial charge on any atom is 0.243 e. The lowest BCUT2D eigenvalue weighted by Gasteiger charge is -2.29. The highest BCUT2D eigenvalue weighted by Gasteiger charge is 2.29. The van der Waals surface area contributed by atoms with Crippen molar-refractivity contribution in [3.05, 3.63) is 64.7 Å². The van der Waals surface area contributed by atoms with Crippen molar-refractivity contribution in [1.82, 2.24) is 10.2 Å². The van der Waals surface area contributed by atoms with Crippen LogP contribution < -0.4 is 9.62 Å². The molecule has 1 N–H and O–H groups in total. The first-order chi connectivity index (χ1) is 14.6. The van der Waals surface area contributed by atoms with Gasteiger partial charge in [0.2, 0.25) is 15.9 Å². The average molecular weight is 444 g/mol. The Morgan fingerprint density at radius 1 is 1.06 bits per heavy atom. The lowest BCUT2D eigenvalue weighted by atomic mass is 10.1. The summed E-state index contributed by atoms with van der Waals surface area (Å²) in [6, 6.07) is 12.9. The Morgan fingerprint density at radius 2 is 1.68 bits per heavy atom. The number of benzene rings is 2. The van der Waals surface area contributed by atoms with Gasteiger partial charge in [-0.1, -0.05) is 30.3 Å². The van der Waals surface area contributed by atoms with Crippen molar-refractivity contribution < 1.29 is 13.2 Å². The molecule has 7 heteroatoms. The van der Waals surface area contributed by atoms with Crippen LogP contribution in [0.5, 0.6) is 0 Å². The molecule has 0 aliphatic carbocycles. The Hall–Kier alpha value is -2.38. The largest absolute Gasteiger partial charge is 0.350 e. The molecule has 2 aromatic carbocycles. The van der Waals surface area contributed by atoms with E-state index in [0.29, 0.717) is 12.2 Å². The Bertz CT molecular complexity index is 1010. The zero-order valence-electron chi connectivity index (χ0n) is 18.9. The van der Waals surface area contributed by atoms with Crippen LogP contribution in [0, 0.1) is 13.8 Å². The van der Waals surface area contributed by atoms with Crippen molar-refractivity contribution in [3.8, 4) is 0 Å². The first-order valence-electron chi connectivity index (χ1n) is 10.8. The smallest absolute Gasteiger partial charge is 0.243 e. The van der Waals surface area contributed by atoms with Crippen molar-refractivity contribution in [2.75, 3.05) is 23.7 Å². The summed E-state index contributed by atoms with van der Waals surface area (Å²) in [7, 11) is -3.63. The molecule has 1 amide bonds. The predicted molar refractivity (Wildman–Crippen MR) is 126 cm³/mol. The van der Waals surface area contributed by atoms with Gasteiger partial charge in [-0.3, -0.25) is 14.0 Å². The van der Waals surface area contributed by atoms with Crippen LogP contribution in [-0.2, 0) is 27.9 Å². The van der Waals surface area contributed by atoms with Gasteiger partial charge in [-0.15, -0.1) is 0 Å². The number of sulfonamides is 1. The summed E-state index contributed by atoms with van der Waals surface area (Å²) in [5.74, 6) is -0.325. The van der Waals surface area contributed by atoms with Gasteiger partial charge >= 0.3 is 0 Å². The number of amides is 1. The maximum absolute atomic E-state index is 12.9. The molecule has 0 radical (unpaired) electrons. The highest BCUT2D eigenvalue weighted by molar-refractivity contribution is 7.92. The Balaban J connectivity index is 1.69. The maximum atomic E-state index is 12.9. The third-order valence-electron chi connectivity index (χ3n) is 5.61. The van der Waals surface area contributed by atoms with Gasteiger partial charge in [0.1, 0.15) is 6.04 Å². The van der Waals surface area contributed by atoms with E-state index in [1.165, 1.54) is 22.7 Å². The predicted octanol–water partition coefficient (Wildman–Crippen LogP) is 3.37. The van der Waals surface area contributed by atoms with Crippen LogP contribution in [0.25, 0.3) is 0 Å². The molecule has 0 spiro atoms. The fourth-order valence-electron chi connectivity index (χ4n) is 4.26. The van der Waals surface area contributed by atoms with Gasteiger partial charge in [0, 0.05) is 13.1 Å². The Morgan fingerprint density at radius 3 is 2.29 bits per heavy atom. The normalized spacial score (nSPS) is 15.6. The van der Waals surface area contributed by atoms with Crippen molar-refractivity contribution in [2.24, 2.45) is 0 Å². The van der Waals surface area contributed by atoms with E-state index in [9.17, 15) is 13.2 Å². The van der Waals surface area contributed by atoms with Crippen molar-refractivity contribution in [3.63, 3.8) is 0 Å². The second-order valence-corrected chi connectivity index (χ2v) is 10.5. The van der Waals surface area contributed by atoms with E-state index in [0.717, 1.165) is 42.6 Å². The minimum Gasteiger partial charge on any atom is -0.350 e. The number of hydrogen-bond donors (Lipinski definition) is 1. The highest BCUT2D eigenvalue weighted by Crippen LogP contribution is 2.24. The van der Waals surface area contributed by atoms with Crippen LogP contribution in [-0.4, -0.2) is 44.6 Å². The summed E-state index contributed by atoms with van der Waals surface area (Å²) < 4.78 is 26.3. The molecule has 1 aliphatic heterocycles. The number of anilines is 1. The highest BCUT2D eigenvalue weighted by atomic mass is 32.2. The number of rotatable bonds is 8. The van der Waals surface area contributed by atoms with Gasteiger partial charge in [-0.05, 0) is 81.1 Å². The van der Waals surface area contributed by atoms with Crippen LogP contribution in [0.1, 0.15) is 42.0 Å². The second kappa shape index (κ2) is 9.83. The fourth-order valence-corrected chi connectivity index (χ4v) is 5.42. The summed E-state index contributed by atoms with van der Waals surface area (Å²) in [6.45, 7) is 9.01. The minimum atomic E-state index is -3.63. The van der Waals surface area contributed by atoms with E-state index in [1.807, 2.05) is 32.0 Å². The molecule has 1 heterocycles. The van der Waals surface area contributed by atoms with Gasteiger partial charge in [0.15, 0.2) is 0 Å². The van der Waals surface area contributed by atoms with Crippen molar-refractivity contribution in [2.45, 2.75) is 52.7 Å². The number of likely N-dealkylation sites (tertiary alicyclic amines) is 1. The summed E-state index contributed by atoms with van der Waals surface area (Å²) in [5.41, 5.74) is 4.65. The molecular formula is C24H33N3O3S. The van der Waals surface area contributed by atoms with Gasteiger partial charge < -0.3 is 5.32 Å². The zero-order valence-corrected chi connectivity index (χ0v) is 19.7. The number of carbonyl (C=O) groups is 1. The van der Waals surface area contributed by atoms with Gasteiger partial charge in [-0.25, -0.2) is 8.42 Å². The molecule has 1 saturated heterocycles. The lowest BCUT2D eigenvalue weighted by molar-refractivity contribution is -0.122. The molecule has 168 valence electrons. The standard InChI is InChI=1S/C24H33N3O3S/c1-18-12-19(2)14-23(13-18)27(31(4,29)30)20(3)24(28)25-16-21-8-7-9-22(15-21)17-26-10-5-6-11-26/h7-9,12-15,20H,5-6,10-11,16-17H2,1-4H3,(H,25,28)/t20-/m0/s1. The summed E-state index contributed by atoms with van der Waals surface area (Å²) in [6.07, 6.45) is 3.64. The Labute approximate surface area is 186 Å². The summed E-state index contributed by atoms with van der Waals surface area (Å²) >= 11 is 0. The second-order valence-electron chi connectivity index (χ2n) is 8.60. The van der Waals surface area contributed by atoms with Gasteiger partial charge in [-0.2, -0.15) is 0 Å². The number of nitrogens with zero attached hydrogens (tertiary/aromatic N) is 2. The SMILES string of the molecule is Cc1cc(C)cc(N([C@@H](C)C(=O)NCc2cccc(CN3CCCC3)c2)S(C)(=O)=O)c1. The third kappa shape index (κ3) is 6.31. The van der Waals surface area contributed by atoms with Crippen LogP contribution in [0.4, 0.5) is 5.69 Å². The average Bonchev–Trinajstić information content (AvgIpc) is 3.17. The molecule has 1 fully saturated rings. The minimum absolute atomic E-state index is 0.325. The Kier molecular flexibility index (Phi) is 7.38. The molecule has 2 aromatic rings. The van der Waals surface area contributed by atoms with E-state index in [2.05, 4.69) is 22.3 Å². The molecule has 1 aliphatic rings. The molecule has 0 saturated carbocycles. The van der Waals surface area contributed by atoms with Crippen LogP contribution >= 0.6 is 0 Å². The summed E-state index contributed by atoms with van der Waals surface area (Å²) in [5, 5.41) is 2.91. The van der Waals surface area contributed by atoms with Crippen molar-refractivity contribution >= 4 is 21.6 Å². The third-order valence-corrected chi connectivity index (χ3v) is 6.85. The molecule has 3 rings (SSSR count). The topological polar surface area (TPSA) is 69.7 Å². The fraction of sp³-hybridized carbons (Fsp3) is 0.458. The molecule has 1 atom stereocenters. The van der Waals surface area contributed by atoms with E-state index in [4.69, 9.17) is 0 Å². The first-order valence-corrected chi connectivity index (χ1v) is 12.6. The zero-order chi connectivity index (χ0) is 22.6. The molecular weight excluding hydrogens is 410 g/mol. The number of carbonyl (C=O) groups excluding carboxylic acids is 1. The van der Waals surface area contributed by atoms with Crippen LogP contribution in [0.15, 0.2) is 42.5 Å². The van der Waals surface area contributed by atoms with E-state index < -0.39 is 16.1 Å². The monoisotopic (exact) mass is 443 g/mol. The molecule has 6 nitrogen and oxygen atoms in total. The lowest BCUT2D eigenvalue weighted by Crippen LogP contribution is -2.47. The van der Waals surface area contributed by atoms with Crippen molar-refractivity contribution in [1.29, 1.82) is 0 Å². The quantitative estimate of drug-likeness (QED) is 0.679. The van der Waals surface area contributed by atoms with E-state index in [-0.39, 0.29) is 5.91 Å². The van der Waals surface area contributed by atoms with Crippen LogP contribution in [0.3, 0.4) is 0 Å². The van der Waals surface area contributed by atoms with Gasteiger partial charge in [0.05, 0.1) is 11.9 Å². The molecule has 0 aromatic heterocycles. The molecule has 0 bridgehead atoms. The summed E-state index contributed by atoms with van der Waals surface area (Å²) in [4.78, 5) is 15.3. The number of nitrogens with one attached hydrogen (secondary N) is 1. The first kappa shape index (κ1) is 23.3. The van der Waals surface area contributed by atoms with E-state index >= 15 is 0 Å². The molecule has 31 heavy (non-hydrogen) atoms. The van der Waals surface area contributed by atoms with Gasteiger partial charge in [0.25, 0.3) is 0 Å². The number of aryl methyl sites for hydroxylation is 2. The number of hydrogen-bond acceptors (Lipinski definition) is 4. The molecule has 0 unspecified atom stereocenters.